The van der Waals surface area contributed by atoms with Crippen LogP contribution in [0, 0.1) is 25.2 Å². The van der Waals surface area contributed by atoms with Crippen LogP contribution in [0.15, 0.2) is 58.2 Å². The Morgan fingerprint density at radius 3 is 2.77 bits per heavy atom. The van der Waals surface area contributed by atoms with Gasteiger partial charge in [-0.15, -0.1) is 0 Å². The maximum Gasteiger partial charge on any atom is 0.261 e. The molecular formula is C23H21N5O3. The average molecular weight is 415 g/mol. The van der Waals surface area contributed by atoms with Gasteiger partial charge in [-0.2, -0.15) is 5.26 Å². The molecule has 3 aromatic heterocycles. The molecule has 31 heavy (non-hydrogen) atoms. The molecule has 0 radical (unpaired) electrons. The number of nitrogens with zero attached hydrogens (tertiary/aromatic N) is 4. The van der Waals surface area contributed by atoms with Gasteiger partial charge in [-0.3, -0.25) is 14.2 Å². The quantitative estimate of drug-likeness (QED) is 0.520. The molecule has 0 aliphatic rings. The first kappa shape index (κ1) is 20.2. The number of aryl methyl sites for hydroxylation is 1. The Morgan fingerprint density at radius 2 is 2.03 bits per heavy atom. The molecular weight excluding hydrogens is 394 g/mol. The first-order chi connectivity index (χ1) is 15.0. The molecule has 1 N–H and O–H groups in total. The molecule has 0 aliphatic heterocycles. The number of rotatable bonds is 6. The minimum absolute atomic E-state index is 0.0643. The van der Waals surface area contributed by atoms with Crippen molar-refractivity contribution in [2.45, 2.75) is 33.4 Å². The number of amides is 1. The monoisotopic (exact) mass is 415 g/mol. The number of anilines is 1. The second-order valence-corrected chi connectivity index (χ2v) is 7.27. The molecule has 0 atom stereocenters. The molecule has 3 heterocycles. The highest BCUT2D eigenvalue weighted by Gasteiger charge is 2.20. The van der Waals surface area contributed by atoms with Crippen molar-refractivity contribution >= 4 is 22.6 Å². The van der Waals surface area contributed by atoms with E-state index < -0.39 is 0 Å². The Kier molecular flexibility index (Phi) is 5.41. The molecule has 156 valence electrons. The summed E-state index contributed by atoms with van der Waals surface area (Å²) >= 11 is 0. The van der Waals surface area contributed by atoms with Gasteiger partial charge in [0.15, 0.2) is 0 Å². The third kappa shape index (κ3) is 3.85. The lowest BCUT2D eigenvalue weighted by Crippen LogP contribution is -2.24. The van der Waals surface area contributed by atoms with Crippen LogP contribution in [0.4, 0.5) is 5.82 Å². The van der Waals surface area contributed by atoms with E-state index in [1.165, 1.54) is 10.9 Å². The van der Waals surface area contributed by atoms with Gasteiger partial charge in [0.25, 0.3) is 5.56 Å². The highest BCUT2D eigenvalue weighted by molar-refractivity contribution is 5.91. The number of para-hydroxylation sites is 1. The molecule has 0 saturated carbocycles. The van der Waals surface area contributed by atoms with Crippen molar-refractivity contribution in [3.05, 3.63) is 81.9 Å². The third-order valence-corrected chi connectivity index (χ3v) is 5.40. The smallest absolute Gasteiger partial charge is 0.261 e. The lowest BCUT2D eigenvalue weighted by atomic mass is 10.2. The van der Waals surface area contributed by atoms with Crippen molar-refractivity contribution in [3.63, 3.8) is 0 Å². The zero-order valence-electron chi connectivity index (χ0n) is 17.3. The number of furan rings is 1. The summed E-state index contributed by atoms with van der Waals surface area (Å²) in [4.78, 5) is 29.6. The first-order valence-electron chi connectivity index (χ1n) is 9.85. The van der Waals surface area contributed by atoms with Gasteiger partial charge in [0, 0.05) is 18.7 Å². The van der Waals surface area contributed by atoms with E-state index in [0.717, 1.165) is 11.3 Å². The van der Waals surface area contributed by atoms with Crippen LogP contribution in [0.2, 0.25) is 0 Å². The van der Waals surface area contributed by atoms with Crippen LogP contribution in [-0.4, -0.2) is 20.0 Å². The molecule has 4 aromatic rings. The Morgan fingerprint density at radius 1 is 1.23 bits per heavy atom. The highest BCUT2D eigenvalue weighted by atomic mass is 16.3. The van der Waals surface area contributed by atoms with Crippen LogP contribution >= 0.6 is 0 Å². The summed E-state index contributed by atoms with van der Waals surface area (Å²) in [6, 6.07) is 12.9. The van der Waals surface area contributed by atoms with E-state index in [9.17, 15) is 14.9 Å². The van der Waals surface area contributed by atoms with Gasteiger partial charge >= 0.3 is 0 Å². The van der Waals surface area contributed by atoms with Gasteiger partial charge in [0.1, 0.15) is 17.6 Å². The first-order valence-corrected chi connectivity index (χ1v) is 9.85. The molecule has 0 unspecified atom stereocenters. The van der Waals surface area contributed by atoms with Gasteiger partial charge in [-0.1, -0.05) is 12.1 Å². The molecule has 0 fully saturated rings. The highest BCUT2D eigenvalue weighted by Crippen LogP contribution is 2.27. The number of hydrogen-bond acceptors (Lipinski definition) is 5. The normalized spacial score (nSPS) is 10.9. The van der Waals surface area contributed by atoms with E-state index in [1.54, 1.807) is 30.5 Å². The topological polar surface area (TPSA) is 106 Å². The third-order valence-electron chi connectivity index (χ3n) is 5.40. The average Bonchev–Trinajstić information content (AvgIpc) is 3.36. The molecule has 1 aromatic carbocycles. The fraction of sp³-hybridized carbons (Fsp3) is 0.217. The SMILES string of the molecule is Cc1c(C#N)c(NC(=O)CCn2cnc3ccccc3c2=O)n(Cc2ccco2)c1C. The van der Waals surface area contributed by atoms with Crippen molar-refractivity contribution in [1.29, 1.82) is 5.26 Å². The molecule has 0 bridgehead atoms. The summed E-state index contributed by atoms with van der Waals surface area (Å²) in [6.45, 7) is 4.32. The minimum atomic E-state index is -0.297. The number of benzene rings is 1. The standard InChI is InChI=1S/C23H21N5O3/c1-15-16(2)28(13-17-6-5-11-31-17)22(19(15)12-24)26-21(29)9-10-27-14-25-20-8-4-3-7-18(20)23(27)30/h3-8,11,14H,9-10,13H2,1-2H3,(H,26,29). The van der Waals surface area contributed by atoms with Crippen LogP contribution in [0.5, 0.6) is 0 Å². The Labute approximate surface area is 178 Å². The number of aromatic nitrogens is 3. The van der Waals surface area contributed by atoms with Gasteiger partial charge in [-0.25, -0.2) is 4.98 Å². The van der Waals surface area contributed by atoms with E-state index in [1.807, 2.05) is 30.5 Å². The van der Waals surface area contributed by atoms with Crippen molar-refractivity contribution in [2.75, 3.05) is 5.32 Å². The second-order valence-electron chi connectivity index (χ2n) is 7.27. The lowest BCUT2D eigenvalue weighted by Gasteiger charge is -2.12. The van der Waals surface area contributed by atoms with E-state index in [2.05, 4.69) is 16.4 Å². The number of nitriles is 1. The minimum Gasteiger partial charge on any atom is -0.467 e. The van der Waals surface area contributed by atoms with Crippen LogP contribution < -0.4 is 10.9 Å². The number of hydrogen-bond donors (Lipinski definition) is 1. The van der Waals surface area contributed by atoms with E-state index in [-0.39, 0.29) is 24.4 Å². The fourth-order valence-corrected chi connectivity index (χ4v) is 3.57. The fourth-order valence-electron chi connectivity index (χ4n) is 3.57. The number of fused-ring (bicyclic) bond motifs is 1. The van der Waals surface area contributed by atoms with E-state index in [0.29, 0.717) is 34.6 Å². The summed E-state index contributed by atoms with van der Waals surface area (Å²) in [5, 5.41) is 13.0. The maximum atomic E-state index is 12.7. The summed E-state index contributed by atoms with van der Waals surface area (Å²) in [5.74, 6) is 0.851. The predicted octanol–water partition coefficient (Wildman–Crippen LogP) is 3.36. The largest absolute Gasteiger partial charge is 0.467 e. The van der Waals surface area contributed by atoms with Gasteiger partial charge < -0.3 is 14.3 Å². The molecule has 0 aliphatic carbocycles. The van der Waals surface area contributed by atoms with Gasteiger partial charge in [0.05, 0.1) is 35.6 Å². The van der Waals surface area contributed by atoms with Gasteiger partial charge in [0.2, 0.25) is 5.91 Å². The van der Waals surface area contributed by atoms with E-state index in [4.69, 9.17) is 4.42 Å². The number of nitrogens with one attached hydrogen (secondary N) is 1. The molecule has 8 nitrogen and oxygen atoms in total. The number of carbonyl (C=O) groups excluding carboxylic acids is 1. The molecule has 4 rings (SSSR count). The van der Waals surface area contributed by atoms with Crippen LogP contribution in [-0.2, 0) is 17.9 Å². The maximum absolute atomic E-state index is 12.7. The van der Waals surface area contributed by atoms with Crippen LogP contribution in [0.3, 0.4) is 0 Å². The van der Waals surface area contributed by atoms with Crippen molar-refractivity contribution in [2.24, 2.45) is 0 Å². The molecule has 0 saturated heterocycles. The molecule has 0 spiro atoms. The van der Waals surface area contributed by atoms with Gasteiger partial charge in [-0.05, 0) is 43.7 Å². The number of carbonyl (C=O) groups is 1. The van der Waals surface area contributed by atoms with Crippen LogP contribution in [0.1, 0.15) is 29.0 Å². The zero-order valence-corrected chi connectivity index (χ0v) is 17.3. The molecule has 8 heteroatoms. The molecule has 1 amide bonds. The van der Waals surface area contributed by atoms with Crippen molar-refractivity contribution in [3.8, 4) is 6.07 Å². The lowest BCUT2D eigenvalue weighted by molar-refractivity contribution is -0.116. The van der Waals surface area contributed by atoms with E-state index >= 15 is 0 Å². The Hall–Kier alpha value is -4.12. The van der Waals surface area contributed by atoms with Crippen LogP contribution in [0.25, 0.3) is 10.9 Å². The van der Waals surface area contributed by atoms with Crippen molar-refractivity contribution in [1.82, 2.24) is 14.1 Å². The predicted molar refractivity (Wildman–Crippen MR) is 116 cm³/mol. The summed E-state index contributed by atoms with van der Waals surface area (Å²) < 4.78 is 8.71. The summed E-state index contributed by atoms with van der Waals surface area (Å²) in [6.07, 6.45) is 3.10. The van der Waals surface area contributed by atoms with Crippen molar-refractivity contribution < 1.29 is 9.21 Å². The Bertz CT molecular complexity index is 1360. The zero-order chi connectivity index (χ0) is 22.0. The summed E-state index contributed by atoms with van der Waals surface area (Å²) in [5.41, 5.74) is 2.53. The summed E-state index contributed by atoms with van der Waals surface area (Å²) in [7, 11) is 0. The Balaban J connectivity index is 1.55. The second kappa shape index (κ2) is 8.32.